The van der Waals surface area contributed by atoms with Crippen molar-refractivity contribution in [2.75, 3.05) is 0 Å². The van der Waals surface area contributed by atoms with Gasteiger partial charge in [0.15, 0.2) is 0 Å². The monoisotopic (exact) mass is 483 g/mol. The Kier molecular flexibility index (Phi) is 6.83. The Morgan fingerprint density at radius 2 is 1.80 bits per heavy atom. The lowest BCUT2D eigenvalue weighted by molar-refractivity contribution is -0.198. The van der Waals surface area contributed by atoms with Crippen molar-refractivity contribution in [1.29, 1.82) is 0 Å². The molecule has 2 heterocycles. The van der Waals surface area contributed by atoms with Crippen LogP contribution in [0.1, 0.15) is 17.2 Å². The van der Waals surface area contributed by atoms with Crippen molar-refractivity contribution >= 4 is 5.97 Å². The molecule has 0 aliphatic heterocycles. The first-order chi connectivity index (χ1) is 16.7. The molecule has 0 fully saturated rings. The fourth-order valence-corrected chi connectivity index (χ4v) is 3.55. The lowest BCUT2D eigenvalue weighted by Crippen LogP contribution is -2.32. The van der Waals surface area contributed by atoms with Gasteiger partial charge in [0.2, 0.25) is 12.0 Å². The fraction of sp³-hybridized carbons (Fsp3) is 0.160. The number of rotatable bonds is 8. The molecule has 2 aromatic heterocycles. The molecular formula is C25H20F3N3O4. The van der Waals surface area contributed by atoms with E-state index in [9.17, 15) is 18.0 Å². The van der Waals surface area contributed by atoms with Crippen molar-refractivity contribution in [3.63, 3.8) is 0 Å². The summed E-state index contributed by atoms with van der Waals surface area (Å²) in [6.07, 6.45) is -3.01. The lowest BCUT2D eigenvalue weighted by Gasteiger charge is -2.23. The van der Waals surface area contributed by atoms with Crippen molar-refractivity contribution in [3.8, 4) is 28.3 Å². The maximum Gasteiger partial charge on any atom is 0.429 e. The minimum Gasteiger partial charge on any atom is -0.480 e. The Morgan fingerprint density at radius 1 is 1.06 bits per heavy atom. The zero-order valence-corrected chi connectivity index (χ0v) is 18.1. The van der Waals surface area contributed by atoms with E-state index in [2.05, 4.69) is 9.97 Å². The number of nitrogens with two attached hydrogens (primary N) is 1. The maximum absolute atomic E-state index is 14.1. The van der Waals surface area contributed by atoms with Crippen molar-refractivity contribution in [3.05, 3.63) is 90.6 Å². The highest BCUT2D eigenvalue weighted by Crippen LogP contribution is 2.41. The molecule has 0 aliphatic rings. The van der Waals surface area contributed by atoms with E-state index < -0.39 is 24.3 Å². The number of hydrogen-bond donors (Lipinski definition) is 2. The first kappa shape index (κ1) is 24.0. The molecule has 2 atom stereocenters. The third-order valence-corrected chi connectivity index (χ3v) is 5.28. The Bertz CT molecular complexity index is 1290. The molecule has 0 spiro atoms. The number of carboxylic acid groups (broad SMARTS) is 1. The summed E-state index contributed by atoms with van der Waals surface area (Å²) in [5.74, 6) is -1.36. The molecule has 2 aromatic carbocycles. The molecule has 10 heteroatoms. The average molecular weight is 483 g/mol. The SMILES string of the molecule is NC(Cc1ccc(-c2cc(O[C@@H](c3ccccc3-c3ccoc3)C(F)(F)F)ncn2)cc1)C(=O)O. The van der Waals surface area contributed by atoms with Crippen LogP contribution in [0.5, 0.6) is 5.88 Å². The van der Waals surface area contributed by atoms with Gasteiger partial charge in [-0.15, -0.1) is 0 Å². The van der Waals surface area contributed by atoms with Gasteiger partial charge in [-0.2, -0.15) is 13.2 Å². The highest BCUT2D eigenvalue weighted by Gasteiger charge is 2.44. The Balaban J connectivity index is 1.61. The number of nitrogens with zero attached hydrogens (tertiary/aromatic N) is 2. The van der Waals surface area contributed by atoms with Crippen LogP contribution in [0.3, 0.4) is 0 Å². The van der Waals surface area contributed by atoms with Crippen LogP contribution in [0.25, 0.3) is 22.4 Å². The minimum atomic E-state index is -4.73. The van der Waals surface area contributed by atoms with E-state index in [1.165, 1.54) is 30.7 Å². The normalized spacial score (nSPS) is 13.3. The topological polar surface area (TPSA) is 111 Å². The number of hydrogen-bond acceptors (Lipinski definition) is 6. The third kappa shape index (κ3) is 5.67. The van der Waals surface area contributed by atoms with Crippen LogP contribution in [0.15, 0.2) is 83.9 Å². The molecule has 0 saturated heterocycles. The summed E-state index contributed by atoms with van der Waals surface area (Å²) < 4.78 is 52.7. The lowest BCUT2D eigenvalue weighted by atomic mass is 9.97. The van der Waals surface area contributed by atoms with Gasteiger partial charge in [0.25, 0.3) is 0 Å². The number of furan rings is 1. The van der Waals surface area contributed by atoms with Crippen molar-refractivity contribution in [2.45, 2.75) is 24.7 Å². The van der Waals surface area contributed by atoms with Gasteiger partial charge >= 0.3 is 12.1 Å². The standard InChI is InChI=1S/C25H20F3N3O4/c26-25(27,28)23(19-4-2-1-3-18(19)17-9-10-34-13-17)35-22-12-21(30-14-31-22)16-7-5-15(6-8-16)11-20(29)24(32)33/h1-10,12-14,20,23H,11,29H2,(H,32,33)/t20?,23-/m0/s1. The highest BCUT2D eigenvalue weighted by molar-refractivity contribution is 5.73. The largest absolute Gasteiger partial charge is 0.480 e. The van der Waals surface area contributed by atoms with Crippen molar-refractivity contribution in [2.24, 2.45) is 5.73 Å². The maximum atomic E-state index is 14.1. The van der Waals surface area contributed by atoms with Crippen LogP contribution in [0, 0.1) is 0 Å². The number of aliphatic carboxylic acids is 1. The predicted molar refractivity (Wildman–Crippen MR) is 120 cm³/mol. The van der Waals surface area contributed by atoms with Crippen LogP contribution in [0.4, 0.5) is 13.2 Å². The van der Waals surface area contributed by atoms with Gasteiger partial charge in [-0.1, -0.05) is 48.5 Å². The summed E-state index contributed by atoms with van der Waals surface area (Å²) in [5, 5.41) is 8.95. The van der Waals surface area contributed by atoms with Crippen LogP contribution < -0.4 is 10.5 Å². The number of halogens is 3. The average Bonchev–Trinajstić information content (AvgIpc) is 3.37. The first-order valence-corrected chi connectivity index (χ1v) is 10.5. The summed E-state index contributed by atoms with van der Waals surface area (Å²) in [5.41, 5.74) is 7.92. The van der Waals surface area contributed by atoms with E-state index in [0.29, 0.717) is 27.9 Å². The van der Waals surface area contributed by atoms with Crippen LogP contribution in [-0.2, 0) is 11.2 Å². The van der Waals surface area contributed by atoms with Gasteiger partial charge in [0.1, 0.15) is 12.4 Å². The first-order valence-electron chi connectivity index (χ1n) is 10.5. The molecule has 0 radical (unpaired) electrons. The number of carboxylic acids is 1. The number of carbonyl (C=O) groups is 1. The molecular weight excluding hydrogens is 463 g/mol. The van der Waals surface area contributed by atoms with Crippen LogP contribution in [0.2, 0.25) is 0 Å². The van der Waals surface area contributed by atoms with E-state index in [0.717, 1.165) is 6.33 Å². The molecule has 7 nitrogen and oxygen atoms in total. The minimum absolute atomic E-state index is 0.0827. The third-order valence-electron chi connectivity index (χ3n) is 5.28. The number of aromatic nitrogens is 2. The molecule has 35 heavy (non-hydrogen) atoms. The van der Waals surface area contributed by atoms with Crippen molar-refractivity contribution < 1.29 is 32.2 Å². The van der Waals surface area contributed by atoms with Gasteiger partial charge in [-0.3, -0.25) is 4.79 Å². The van der Waals surface area contributed by atoms with Gasteiger partial charge in [0, 0.05) is 22.8 Å². The Morgan fingerprint density at radius 3 is 2.46 bits per heavy atom. The molecule has 3 N–H and O–H groups in total. The van der Waals surface area contributed by atoms with Gasteiger partial charge < -0.3 is 20.0 Å². The summed E-state index contributed by atoms with van der Waals surface area (Å²) in [7, 11) is 0. The fourth-order valence-electron chi connectivity index (χ4n) is 3.55. The van der Waals surface area contributed by atoms with Gasteiger partial charge in [-0.05, 0) is 23.6 Å². The molecule has 0 amide bonds. The van der Waals surface area contributed by atoms with E-state index in [1.54, 1.807) is 42.5 Å². The number of alkyl halides is 3. The number of benzene rings is 2. The van der Waals surface area contributed by atoms with Gasteiger partial charge in [-0.25, -0.2) is 9.97 Å². The Hall–Kier alpha value is -4.18. The van der Waals surface area contributed by atoms with Crippen molar-refractivity contribution in [1.82, 2.24) is 9.97 Å². The molecule has 0 saturated carbocycles. The van der Waals surface area contributed by atoms with Crippen LogP contribution >= 0.6 is 0 Å². The number of ether oxygens (including phenoxy) is 1. The molecule has 4 rings (SSSR count). The second-order valence-electron chi connectivity index (χ2n) is 7.73. The summed E-state index contributed by atoms with van der Waals surface area (Å²) in [4.78, 5) is 18.9. The second-order valence-corrected chi connectivity index (χ2v) is 7.73. The van der Waals surface area contributed by atoms with E-state index >= 15 is 0 Å². The molecule has 4 aromatic rings. The molecule has 1 unspecified atom stereocenters. The zero-order valence-electron chi connectivity index (χ0n) is 18.1. The summed E-state index contributed by atoms with van der Waals surface area (Å²) in [6, 6.07) is 14.6. The quantitative estimate of drug-likeness (QED) is 0.361. The molecule has 0 aliphatic carbocycles. The predicted octanol–water partition coefficient (Wildman–Crippen LogP) is 5.04. The molecule has 180 valence electrons. The zero-order chi connectivity index (χ0) is 25.0. The highest BCUT2D eigenvalue weighted by atomic mass is 19.4. The molecule has 0 bridgehead atoms. The van der Waals surface area contributed by atoms with Crippen LogP contribution in [-0.4, -0.2) is 33.3 Å². The summed E-state index contributed by atoms with van der Waals surface area (Å²) >= 11 is 0. The van der Waals surface area contributed by atoms with E-state index in [1.807, 2.05) is 0 Å². The smallest absolute Gasteiger partial charge is 0.429 e. The summed E-state index contributed by atoms with van der Waals surface area (Å²) in [6.45, 7) is 0. The van der Waals surface area contributed by atoms with Gasteiger partial charge in [0.05, 0.1) is 18.2 Å². The second kappa shape index (κ2) is 9.98. The van der Waals surface area contributed by atoms with E-state index in [4.69, 9.17) is 20.0 Å². The Labute approximate surface area is 198 Å². The van der Waals surface area contributed by atoms with E-state index in [-0.39, 0.29) is 17.9 Å².